The minimum absolute atomic E-state index is 0.186. The van der Waals surface area contributed by atoms with Crippen LogP contribution in [0.1, 0.15) is 39.0 Å². The molecule has 1 saturated heterocycles. The molecule has 0 aromatic rings. The first-order valence-corrected chi connectivity index (χ1v) is 5.04. The Labute approximate surface area is 83.8 Å². The van der Waals surface area contributed by atoms with Crippen LogP contribution in [-0.4, -0.2) is 28.5 Å². The number of nitrogens with two attached hydrogens (primary N) is 1. The third-order valence-electron chi connectivity index (χ3n) is 2.27. The van der Waals surface area contributed by atoms with Crippen LogP contribution in [0.25, 0.3) is 0 Å². The summed E-state index contributed by atoms with van der Waals surface area (Å²) in [6, 6.07) is 0. The summed E-state index contributed by atoms with van der Waals surface area (Å²) in [7, 11) is 0. The Morgan fingerprint density at radius 2 is 1.86 bits per heavy atom. The minimum Gasteiger partial charge on any atom is -0.273 e. The maximum absolute atomic E-state index is 11.2. The van der Waals surface area contributed by atoms with Crippen molar-refractivity contribution in [1.82, 2.24) is 10.1 Å². The van der Waals surface area contributed by atoms with Gasteiger partial charge in [-0.05, 0) is 6.42 Å². The van der Waals surface area contributed by atoms with Crippen LogP contribution in [0.15, 0.2) is 0 Å². The number of nitrogens with zero attached hydrogens (tertiary/aromatic N) is 2. The van der Waals surface area contributed by atoms with E-state index in [-0.39, 0.29) is 11.8 Å². The van der Waals surface area contributed by atoms with Crippen LogP contribution in [0.3, 0.4) is 0 Å². The second-order valence-electron chi connectivity index (χ2n) is 3.47. The van der Waals surface area contributed by atoms with Gasteiger partial charge in [0.2, 0.25) is 11.8 Å². The van der Waals surface area contributed by atoms with Crippen molar-refractivity contribution in [3.05, 3.63) is 0 Å². The highest BCUT2D eigenvalue weighted by atomic mass is 16.2. The van der Waals surface area contributed by atoms with Crippen molar-refractivity contribution in [1.29, 1.82) is 0 Å². The molecular formula is C9H17N3O2. The molecule has 0 spiro atoms. The van der Waals surface area contributed by atoms with Gasteiger partial charge in [0.25, 0.3) is 0 Å². The zero-order valence-electron chi connectivity index (χ0n) is 8.53. The average molecular weight is 199 g/mol. The minimum atomic E-state index is -0.186. The number of imide groups is 1. The van der Waals surface area contributed by atoms with Crippen LogP contribution in [0.4, 0.5) is 0 Å². The quantitative estimate of drug-likeness (QED) is 0.301. The summed E-state index contributed by atoms with van der Waals surface area (Å²) >= 11 is 0. The summed E-state index contributed by atoms with van der Waals surface area (Å²) in [5.41, 5.74) is 0. The van der Waals surface area contributed by atoms with Crippen molar-refractivity contribution >= 4 is 11.8 Å². The SMILES string of the molecule is CCCCCN(N)N1C(=O)CCC1=O. The van der Waals surface area contributed by atoms with Gasteiger partial charge in [-0.1, -0.05) is 19.8 Å². The topological polar surface area (TPSA) is 66.6 Å². The van der Waals surface area contributed by atoms with Crippen LogP contribution in [-0.2, 0) is 9.59 Å². The molecule has 0 aromatic carbocycles. The largest absolute Gasteiger partial charge is 0.273 e. The van der Waals surface area contributed by atoms with Crippen molar-refractivity contribution in [2.45, 2.75) is 39.0 Å². The van der Waals surface area contributed by atoms with Gasteiger partial charge < -0.3 is 0 Å². The lowest BCUT2D eigenvalue weighted by molar-refractivity contribution is -0.157. The molecule has 0 atom stereocenters. The fraction of sp³-hybridized carbons (Fsp3) is 0.778. The third-order valence-corrected chi connectivity index (χ3v) is 2.27. The van der Waals surface area contributed by atoms with Crippen LogP contribution in [0.5, 0.6) is 0 Å². The van der Waals surface area contributed by atoms with Gasteiger partial charge in [-0.25, -0.2) is 0 Å². The maximum Gasteiger partial charge on any atom is 0.245 e. The van der Waals surface area contributed by atoms with Crippen molar-refractivity contribution < 1.29 is 9.59 Å². The number of carbonyl (C=O) groups excluding carboxylic acids is 2. The predicted octanol–water partition coefficient (Wildman–Crippen LogP) is 0.416. The molecule has 0 unspecified atom stereocenters. The predicted molar refractivity (Wildman–Crippen MR) is 51.5 cm³/mol. The molecule has 0 saturated carbocycles. The molecule has 0 radical (unpaired) electrons. The second-order valence-corrected chi connectivity index (χ2v) is 3.47. The van der Waals surface area contributed by atoms with Gasteiger partial charge in [0.15, 0.2) is 0 Å². The van der Waals surface area contributed by atoms with E-state index in [0.717, 1.165) is 24.3 Å². The van der Waals surface area contributed by atoms with Crippen molar-refractivity contribution in [3.63, 3.8) is 0 Å². The maximum atomic E-state index is 11.2. The standard InChI is InChI=1S/C9H17N3O2/c1-2-3-4-7-11(10)12-8(13)5-6-9(12)14/h2-7,10H2,1H3. The molecule has 0 bridgehead atoms. The van der Waals surface area contributed by atoms with Crippen molar-refractivity contribution in [3.8, 4) is 0 Å². The first-order valence-electron chi connectivity index (χ1n) is 5.04. The van der Waals surface area contributed by atoms with E-state index in [0.29, 0.717) is 19.4 Å². The van der Waals surface area contributed by atoms with Gasteiger partial charge in [-0.2, -0.15) is 5.01 Å². The van der Waals surface area contributed by atoms with Crippen molar-refractivity contribution in [2.75, 3.05) is 6.54 Å². The first kappa shape index (κ1) is 11.1. The van der Waals surface area contributed by atoms with E-state index in [1.165, 1.54) is 5.12 Å². The van der Waals surface area contributed by atoms with Crippen LogP contribution in [0, 0.1) is 0 Å². The summed E-state index contributed by atoms with van der Waals surface area (Å²) in [4.78, 5) is 22.5. The number of rotatable bonds is 5. The smallest absolute Gasteiger partial charge is 0.245 e. The van der Waals surface area contributed by atoms with E-state index >= 15 is 0 Å². The number of hydrogen-bond acceptors (Lipinski definition) is 4. The van der Waals surface area contributed by atoms with E-state index in [1.54, 1.807) is 0 Å². The monoisotopic (exact) mass is 199 g/mol. The molecule has 5 nitrogen and oxygen atoms in total. The van der Waals surface area contributed by atoms with Gasteiger partial charge >= 0.3 is 0 Å². The van der Waals surface area contributed by atoms with Crippen molar-refractivity contribution in [2.24, 2.45) is 5.84 Å². The van der Waals surface area contributed by atoms with E-state index in [4.69, 9.17) is 5.84 Å². The van der Waals surface area contributed by atoms with Gasteiger partial charge in [0.05, 0.1) is 0 Å². The second kappa shape index (κ2) is 5.07. The molecule has 14 heavy (non-hydrogen) atoms. The fourth-order valence-corrected chi connectivity index (χ4v) is 1.48. The molecule has 0 aromatic heterocycles. The van der Waals surface area contributed by atoms with E-state index in [9.17, 15) is 9.59 Å². The van der Waals surface area contributed by atoms with Crippen LogP contribution in [0.2, 0.25) is 0 Å². The first-order chi connectivity index (χ1) is 6.66. The van der Waals surface area contributed by atoms with Crippen LogP contribution >= 0.6 is 0 Å². The van der Waals surface area contributed by atoms with E-state index < -0.39 is 0 Å². The van der Waals surface area contributed by atoms with Gasteiger partial charge in [0, 0.05) is 19.4 Å². The normalized spacial score (nSPS) is 17.2. The number of unbranched alkanes of at least 4 members (excludes halogenated alkanes) is 2. The lowest BCUT2D eigenvalue weighted by Crippen LogP contribution is -2.50. The Morgan fingerprint density at radius 3 is 2.36 bits per heavy atom. The summed E-state index contributed by atoms with van der Waals surface area (Å²) < 4.78 is 0. The summed E-state index contributed by atoms with van der Waals surface area (Å²) in [5, 5.41) is 2.31. The van der Waals surface area contributed by atoms with E-state index in [1.807, 2.05) is 0 Å². The van der Waals surface area contributed by atoms with Crippen LogP contribution < -0.4 is 5.84 Å². The number of carbonyl (C=O) groups is 2. The number of amides is 2. The highest BCUT2D eigenvalue weighted by Gasteiger charge is 2.32. The van der Waals surface area contributed by atoms with Gasteiger partial charge in [-0.15, -0.1) is 5.12 Å². The highest BCUT2D eigenvalue weighted by Crippen LogP contribution is 2.12. The lowest BCUT2D eigenvalue weighted by atomic mass is 10.2. The molecule has 1 aliphatic heterocycles. The molecular weight excluding hydrogens is 182 g/mol. The number of hydrazine groups is 2. The molecule has 80 valence electrons. The number of hydrogen-bond donors (Lipinski definition) is 1. The highest BCUT2D eigenvalue weighted by molar-refractivity contribution is 6.01. The Kier molecular flexibility index (Phi) is 4.03. The molecule has 5 heteroatoms. The molecule has 1 heterocycles. The molecule has 1 rings (SSSR count). The van der Waals surface area contributed by atoms with Gasteiger partial charge in [-0.3, -0.25) is 15.4 Å². The van der Waals surface area contributed by atoms with Gasteiger partial charge in [0.1, 0.15) is 0 Å². The molecule has 0 aliphatic carbocycles. The summed E-state index contributed by atoms with van der Waals surface area (Å²) in [6.07, 6.45) is 3.64. The zero-order valence-corrected chi connectivity index (χ0v) is 8.53. The Morgan fingerprint density at radius 1 is 1.29 bits per heavy atom. The van der Waals surface area contributed by atoms with E-state index in [2.05, 4.69) is 6.92 Å². The Hall–Kier alpha value is -0.940. The average Bonchev–Trinajstić information content (AvgIpc) is 2.46. The molecule has 1 aliphatic rings. The summed E-state index contributed by atoms with van der Waals surface area (Å²) in [6.45, 7) is 2.65. The lowest BCUT2D eigenvalue weighted by Gasteiger charge is -2.24. The molecule has 1 fully saturated rings. The Bertz CT molecular complexity index is 214. The summed E-state index contributed by atoms with van der Waals surface area (Å²) in [5.74, 6) is 5.25. The molecule has 2 amide bonds. The zero-order chi connectivity index (χ0) is 10.6. The molecule has 2 N–H and O–H groups in total. The fourth-order valence-electron chi connectivity index (χ4n) is 1.48. The Balaban J connectivity index is 2.39. The third kappa shape index (κ3) is 2.52.